The summed E-state index contributed by atoms with van der Waals surface area (Å²) in [6, 6.07) is 2.68. The van der Waals surface area contributed by atoms with Gasteiger partial charge < -0.3 is 0 Å². The molecule has 2 saturated heterocycles. The van der Waals surface area contributed by atoms with Crippen molar-refractivity contribution >= 4 is 26.9 Å². The molecule has 2 heterocycles. The van der Waals surface area contributed by atoms with Gasteiger partial charge in [-0.05, 0) is 37.5 Å². The molecule has 0 amide bonds. The second kappa shape index (κ2) is 14.9. The third-order valence-electron chi connectivity index (χ3n) is 13.2. The Balaban J connectivity index is 0.985. The zero-order valence-electron chi connectivity index (χ0n) is 28.2. The van der Waals surface area contributed by atoms with Crippen LogP contribution in [-0.2, 0) is 19.1 Å². The first-order valence-electron chi connectivity index (χ1n) is 18.8. The molecular formula is C38H61NO4Se. The fourth-order valence-electron chi connectivity index (χ4n) is 11.1. The second-order valence-corrected chi connectivity index (χ2v) is 18.9. The van der Waals surface area contributed by atoms with E-state index < -0.39 is 11.9 Å². The molecule has 4 saturated carbocycles. The van der Waals surface area contributed by atoms with E-state index in [1.165, 1.54) is 96.3 Å². The molecule has 0 aromatic rings. The molecule has 8 unspecified atom stereocenters. The molecule has 0 bridgehead atoms. The average molecular weight is 675 g/mol. The average Bonchev–Trinajstić information content (AvgIpc) is 3.62. The molecule has 2 aliphatic heterocycles. The van der Waals surface area contributed by atoms with Crippen LogP contribution in [0.5, 0.6) is 0 Å². The van der Waals surface area contributed by atoms with E-state index in [9.17, 15) is 9.59 Å². The minimum atomic E-state index is -0.522. The van der Waals surface area contributed by atoms with E-state index in [0.717, 1.165) is 70.8 Å². The van der Waals surface area contributed by atoms with Gasteiger partial charge in [-0.25, -0.2) is 0 Å². The molecule has 0 aromatic carbocycles. The van der Waals surface area contributed by atoms with Crippen LogP contribution in [0.15, 0.2) is 11.6 Å². The number of fused-ring (bicyclic) bond motifs is 3. The van der Waals surface area contributed by atoms with Crippen molar-refractivity contribution < 1.29 is 19.1 Å². The number of hydrogen-bond acceptors (Lipinski definition) is 5. The van der Waals surface area contributed by atoms with Gasteiger partial charge in [0, 0.05) is 0 Å². The Morgan fingerprint density at radius 2 is 1.16 bits per heavy atom. The summed E-state index contributed by atoms with van der Waals surface area (Å²) in [6.07, 6.45) is 24.7. The van der Waals surface area contributed by atoms with Crippen LogP contribution in [0.25, 0.3) is 0 Å². The van der Waals surface area contributed by atoms with Gasteiger partial charge >= 0.3 is 224 Å². The fourth-order valence-corrected chi connectivity index (χ4v) is 14.7. The number of rotatable bonds is 8. The van der Waals surface area contributed by atoms with Crippen molar-refractivity contribution in [3.05, 3.63) is 11.6 Å². The first kappa shape index (κ1) is 33.1. The van der Waals surface area contributed by atoms with Gasteiger partial charge in [-0.3, -0.25) is 0 Å². The van der Waals surface area contributed by atoms with E-state index in [1.807, 2.05) is 6.08 Å². The Morgan fingerprint density at radius 1 is 0.659 bits per heavy atom. The van der Waals surface area contributed by atoms with E-state index in [0.29, 0.717) is 19.8 Å². The summed E-state index contributed by atoms with van der Waals surface area (Å²) in [7, 11) is 0. The third-order valence-corrected chi connectivity index (χ3v) is 16.7. The SMILES string of the molecule is CCOC(=O)C(=CC1CCC(C2CCC(C3CCC(N4C5CCC(C)CC5C5CC(C)CCC54)CC3)CC2)[Se]1)C(=O)OCC. The van der Waals surface area contributed by atoms with Gasteiger partial charge in [0.25, 0.3) is 0 Å². The standard InChI is InChI=1S/C38H61NO4Se/c1-5-42-37(40)33(38(41)43-6-2)23-30-17-20-36(44-30)28-11-9-26(10-12-28)27-13-15-29(16-14-27)39-34-18-7-24(3)21-31(34)32-22-25(4)8-19-35(32)39/h23-32,34-36H,5-22H2,1-4H3. The monoisotopic (exact) mass is 675 g/mol. The second-order valence-electron chi connectivity index (χ2n) is 15.8. The first-order valence-corrected chi connectivity index (χ1v) is 20.8. The number of carbonyl (C=O) groups is 2. The maximum atomic E-state index is 12.5. The molecule has 0 spiro atoms. The summed E-state index contributed by atoms with van der Waals surface area (Å²) >= 11 is 0.430. The van der Waals surface area contributed by atoms with E-state index in [1.54, 1.807) is 13.8 Å². The molecule has 0 radical (unpaired) electrons. The number of nitrogens with zero attached hydrogens (tertiary/aromatic N) is 1. The molecular weight excluding hydrogens is 613 g/mol. The van der Waals surface area contributed by atoms with Gasteiger partial charge in [-0.1, -0.05) is 13.8 Å². The van der Waals surface area contributed by atoms with Gasteiger partial charge in [-0.15, -0.1) is 0 Å². The predicted octanol–water partition coefficient (Wildman–Crippen LogP) is 8.40. The summed E-state index contributed by atoms with van der Waals surface area (Å²) in [6.45, 7) is 9.16. The Kier molecular flexibility index (Phi) is 11.2. The predicted molar refractivity (Wildman–Crippen MR) is 177 cm³/mol. The van der Waals surface area contributed by atoms with E-state index in [-0.39, 0.29) is 18.8 Å². The summed E-state index contributed by atoms with van der Waals surface area (Å²) in [5.41, 5.74) is 0.122. The molecule has 6 rings (SSSR count). The zero-order chi connectivity index (χ0) is 30.8. The van der Waals surface area contributed by atoms with Gasteiger partial charge in [0.05, 0.1) is 0 Å². The Hall–Kier alpha value is -0.841. The van der Waals surface area contributed by atoms with Crippen molar-refractivity contribution in [2.75, 3.05) is 13.2 Å². The number of allylic oxidation sites excluding steroid dienone is 1. The zero-order valence-corrected chi connectivity index (χ0v) is 29.9. The number of hydrogen-bond donors (Lipinski definition) is 0. The van der Waals surface area contributed by atoms with Crippen LogP contribution in [-0.4, -0.2) is 63.1 Å². The molecule has 8 atom stereocenters. The molecule has 4 aliphatic carbocycles. The minimum absolute atomic E-state index is 0.122. The van der Waals surface area contributed by atoms with Crippen molar-refractivity contribution in [3.63, 3.8) is 0 Å². The van der Waals surface area contributed by atoms with Crippen LogP contribution in [0, 0.1) is 41.4 Å². The van der Waals surface area contributed by atoms with Crippen LogP contribution in [0.4, 0.5) is 0 Å². The number of carbonyl (C=O) groups excluding carboxylic acids is 2. The van der Waals surface area contributed by atoms with Crippen LogP contribution >= 0.6 is 0 Å². The van der Waals surface area contributed by atoms with Crippen molar-refractivity contribution in [2.45, 2.75) is 158 Å². The van der Waals surface area contributed by atoms with Gasteiger partial charge in [0.2, 0.25) is 0 Å². The Bertz CT molecular complexity index is 968. The fraction of sp³-hybridized carbons (Fsp3) is 0.895. The molecule has 6 aliphatic rings. The van der Waals surface area contributed by atoms with Crippen molar-refractivity contribution in [1.29, 1.82) is 0 Å². The topological polar surface area (TPSA) is 55.8 Å². The molecule has 44 heavy (non-hydrogen) atoms. The summed E-state index contributed by atoms with van der Waals surface area (Å²) in [5.74, 6) is 5.58. The van der Waals surface area contributed by atoms with Crippen LogP contribution in [0.3, 0.4) is 0 Å². The molecule has 248 valence electrons. The maximum absolute atomic E-state index is 12.5. The van der Waals surface area contributed by atoms with Crippen molar-refractivity contribution in [1.82, 2.24) is 4.90 Å². The van der Waals surface area contributed by atoms with Crippen LogP contribution in [0.1, 0.15) is 130 Å². The third kappa shape index (κ3) is 7.18. The number of esters is 2. The molecule has 6 fully saturated rings. The number of likely N-dealkylation sites (tertiary alicyclic amines) is 1. The summed E-state index contributed by atoms with van der Waals surface area (Å²) in [5, 5.41) is 0. The molecule has 5 nitrogen and oxygen atoms in total. The normalized spacial score (nSPS) is 42.6. The van der Waals surface area contributed by atoms with E-state index in [2.05, 4.69) is 18.7 Å². The van der Waals surface area contributed by atoms with Crippen molar-refractivity contribution in [2.24, 2.45) is 41.4 Å². The van der Waals surface area contributed by atoms with Crippen LogP contribution < -0.4 is 0 Å². The molecule has 0 aromatic heterocycles. The number of ether oxygens (including phenoxy) is 2. The summed E-state index contributed by atoms with van der Waals surface area (Å²) in [4.78, 5) is 29.3. The summed E-state index contributed by atoms with van der Waals surface area (Å²) < 4.78 is 10.4. The molecule has 6 heteroatoms. The Labute approximate surface area is 274 Å². The Morgan fingerprint density at radius 3 is 1.68 bits per heavy atom. The van der Waals surface area contributed by atoms with Gasteiger partial charge in [0.1, 0.15) is 0 Å². The van der Waals surface area contributed by atoms with Gasteiger partial charge in [0.15, 0.2) is 0 Å². The molecule has 0 N–H and O–H groups in total. The van der Waals surface area contributed by atoms with Gasteiger partial charge in [-0.2, -0.15) is 0 Å². The van der Waals surface area contributed by atoms with Crippen molar-refractivity contribution in [3.8, 4) is 0 Å². The quantitative estimate of drug-likeness (QED) is 0.0851. The van der Waals surface area contributed by atoms with Crippen LogP contribution in [0.2, 0.25) is 9.63 Å². The van der Waals surface area contributed by atoms with E-state index >= 15 is 0 Å². The van der Waals surface area contributed by atoms with E-state index in [4.69, 9.17) is 9.47 Å². The first-order chi connectivity index (χ1) is 21.4.